The molecular formula is C15H17F3N2O. The summed E-state index contributed by atoms with van der Waals surface area (Å²) in [5, 5.41) is 0. The number of halogens is 3. The van der Waals surface area contributed by atoms with Gasteiger partial charge in [0.1, 0.15) is 0 Å². The molecule has 0 N–H and O–H groups in total. The molecule has 0 saturated heterocycles. The van der Waals surface area contributed by atoms with Gasteiger partial charge in [-0.2, -0.15) is 13.2 Å². The fourth-order valence-corrected chi connectivity index (χ4v) is 2.49. The van der Waals surface area contributed by atoms with Crippen LogP contribution in [0, 0.1) is 0 Å². The van der Waals surface area contributed by atoms with Crippen molar-refractivity contribution in [1.29, 1.82) is 0 Å². The Morgan fingerprint density at radius 3 is 2.33 bits per heavy atom. The number of hydrogen-bond acceptors (Lipinski definition) is 2. The predicted molar refractivity (Wildman–Crippen MR) is 76.0 cm³/mol. The molecule has 1 aliphatic heterocycles. The van der Waals surface area contributed by atoms with Gasteiger partial charge in [0.05, 0.1) is 5.57 Å². The summed E-state index contributed by atoms with van der Waals surface area (Å²) in [6, 6.07) is 6.73. The van der Waals surface area contributed by atoms with Crippen molar-refractivity contribution < 1.29 is 18.0 Å². The SMILES string of the molecule is CN(C)C(=O)C1=Cc2ccccc2N(C)C1(C)C(F)(F)F. The molecule has 1 heterocycles. The van der Waals surface area contributed by atoms with Crippen LogP contribution < -0.4 is 4.90 Å². The van der Waals surface area contributed by atoms with Crippen LogP contribution in [0.5, 0.6) is 0 Å². The number of fused-ring (bicyclic) bond motifs is 1. The summed E-state index contributed by atoms with van der Waals surface area (Å²) in [7, 11) is 4.25. The van der Waals surface area contributed by atoms with Crippen LogP contribution in [0.25, 0.3) is 6.08 Å². The first kappa shape index (κ1) is 15.4. The molecule has 114 valence electrons. The average molecular weight is 298 g/mol. The molecule has 0 saturated carbocycles. The van der Waals surface area contributed by atoms with E-state index in [1.807, 2.05) is 0 Å². The van der Waals surface area contributed by atoms with E-state index in [2.05, 4.69) is 0 Å². The van der Waals surface area contributed by atoms with E-state index in [1.165, 1.54) is 27.2 Å². The first-order chi connectivity index (χ1) is 9.60. The highest BCUT2D eigenvalue weighted by Crippen LogP contribution is 2.47. The van der Waals surface area contributed by atoms with Gasteiger partial charge >= 0.3 is 6.18 Å². The van der Waals surface area contributed by atoms with E-state index in [-0.39, 0.29) is 5.57 Å². The van der Waals surface area contributed by atoms with Gasteiger partial charge in [-0.3, -0.25) is 4.79 Å². The molecule has 0 aliphatic carbocycles. The Bertz CT molecular complexity index is 607. The maximum Gasteiger partial charge on any atom is 0.415 e. The van der Waals surface area contributed by atoms with Crippen LogP contribution in [0.15, 0.2) is 29.8 Å². The highest BCUT2D eigenvalue weighted by Gasteiger charge is 2.59. The van der Waals surface area contributed by atoms with Gasteiger partial charge in [0.25, 0.3) is 5.91 Å². The summed E-state index contributed by atoms with van der Waals surface area (Å²) in [6.45, 7) is 1.04. The molecular weight excluding hydrogens is 281 g/mol. The Hall–Kier alpha value is -1.98. The Kier molecular flexibility index (Phi) is 3.51. The standard InChI is InChI=1S/C15H17F3N2O/c1-14(15(16,17)18)11(13(21)19(2)3)9-10-7-5-6-8-12(10)20(14)4/h5-9H,1-4H3. The molecule has 0 aromatic heterocycles. The fraction of sp³-hybridized carbons (Fsp3) is 0.400. The summed E-state index contributed by atoms with van der Waals surface area (Å²) in [6.07, 6.45) is -3.24. The number of anilines is 1. The van der Waals surface area contributed by atoms with E-state index in [0.717, 1.165) is 16.7 Å². The summed E-state index contributed by atoms with van der Waals surface area (Å²) in [4.78, 5) is 14.5. The first-order valence-electron chi connectivity index (χ1n) is 6.44. The summed E-state index contributed by atoms with van der Waals surface area (Å²) < 4.78 is 41.1. The van der Waals surface area contributed by atoms with Crippen LogP contribution in [0.2, 0.25) is 0 Å². The van der Waals surface area contributed by atoms with Crippen molar-refractivity contribution in [2.75, 3.05) is 26.0 Å². The predicted octanol–water partition coefficient (Wildman–Crippen LogP) is 2.93. The molecule has 3 nitrogen and oxygen atoms in total. The minimum atomic E-state index is -4.58. The van der Waals surface area contributed by atoms with Crippen molar-refractivity contribution in [3.63, 3.8) is 0 Å². The molecule has 1 aromatic rings. The lowest BCUT2D eigenvalue weighted by atomic mass is 9.82. The molecule has 6 heteroatoms. The summed E-state index contributed by atoms with van der Waals surface area (Å²) in [5.74, 6) is -0.642. The molecule has 2 rings (SSSR count). The number of carbonyl (C=O) groups is 1. The van der Waals surface area contributed by atoms with Gasteiger partial charge in [0.15, 0.2) is 5.54 Å². The molecule has 1 unspecified atom stereocenters. The molecule has 0 spiro atoms. The largest absolute Gasteiger partial charge is 0.415 e. The second-order valence-electron chi connectivity index (χ2n) is 5.45. The Balaban J connectivity index is 2.73. The van der Waals surface area contributed by atoms with Crippen molar-refractivity contribution in [1.82, 2.24) is 4.90 Å². The monoisotopic (exact) mass is 298 g/mol. The van der Waals surface area contributed by atoms with Gasteiger partial charge in [-0.15, -0.1) is 0 Å². The second-order valence-corrected chi connectivity index (χ2v) is 5.45. The van der Waals surface area contributed by atoms with Gasteiger partial charge in [-0.25, -0.2) is 0 Å². The normalized spacial score (nSPS) is 21.7. The molecule has 21 heavy (non-hydrogen) atoms. The lowest BCUT2D eigenvalue weighted by molar-refractivity contribution is -0.173. The quantitative estimate of drug-likeness (QED) is 0.796. The van der Waals surface area contributed by atoms with Crippen molar-refractivity contribution in [2.45, 2.75) is 18.6 Å². The van der Waals surface area contributed by atoms with Gasteiger partial charge < -0.3 is 9.80 Å². The zero-order valence-corrected chi connectivity index (χ0v) is 12.3. The van der Waals surface area contributed by atoms with Gasteiger partial charge in [-0.05, 0) is 24.6 Å². The Morgan fingerprint density at radius 1 is 1.24 bits per heavy atom. The van der Waals surface area contributed by atoms with E-state index in [9.17, 15) is 18.0 Å². The van der Waals surface area contributed by atoms with Gasteiger partial charge in [0, 0.05) is 26.8 Å². The third kappa shape index (κ3) is 2.18. The van der Waals surface area contributed by atoms with Crippen LogP contribution in [-0.2, 0) is 4.79 Å². The molecule has 1 aromatic carbocycles. The van der Waals surface area contributed by atoms with E-state index >= 15 is 0 Å². The Labute approximate surface area is 121 Å². The second kappa shape index (κ2) is 4.79. The molecule has 1 atom stereocenters. The third-order valence-electron chi connectivity index (χ3n) is 3.98. The Morgan fingerprint density at radius 2 is 1.81 bits per heavy atom. The lowest BCUT2D eigenvalue weighted by Crippen LogP contribution is -2.60. The maximum absolute atomic E-state index is 13.7. The van der Waals surface area contributed by atoms with Gasteiger partial charge in [-0.1, -0.05) is 18.2 Å². The highest BCUT2D eigenvalue weighted by atomic mass is 19.4. The van der Waals surface area contributed by atoms with Crippen molar-refractivity contribution >= 4 is 17.7 Å². The van der Waals surface area contributed by atoms with Crippen molar-refractivity contribution in [2.24, 2.45) is 0 Å². The molecule has 1 aliphatic rings. The highest BCUT2D eigenvalue weighted by molar-refractivity contribution is 6.03. The number of carbonyl (C=O) groups excluding carboxylic acids is 1. The number of benzene rings is 1. The van der Waals surface area contributed by atoms with Crippen molar-refractivity contribution in [3.05, 3.63) is 35.4 Å². The zero-order valence-electron chi connectivity index (χ0n) is 12.3. The van der Waals surface area contributed by atoms with Crippen LogP contribution in [0.3, 0.4) is 0 Å². The summed E-state index contributed by atoms with van der Waals surface area (Å²) in [5.41, 5.74) is -1.58. The number of amides is 1. The van der Waals surface area contributed by atoms with Crippen LogP contribution in [0.1, 0.15) is 12.5 Å². The number of nitrogens with zero attached hydrogens (tertiary/aromatic N) is 2. The zero-order chi connectivity index (χ0) is 16.0. The topological polar surface area (TPSA) is 23.6 Å². The van der Waals surface area contributed by atoms with E-state index in [4.69, 9.17) is 0 Å². The number of rotatable bonds is 1. The van der Waals surface area contributed by atoms with Crippen LogP contribution in [-0.4, -0.2) is 43.7 Å². The summed E-state index contributed by atoms with van der Waals surface area (Å²) >= 11 is 0. The van der Waals surface area contributed by atoms with E-state index in [1.54, 1.807) is 24.3 Å². The van der Waals surface area contributed by atoms with Crippen molar-refractivity contribution in [3.8, 4) is 0 Å². The first-order valence-corrected chi connectivity index (χ1v) is 6.44. The average Bonchev–Trinajstić information content (AvgIpc) is 2.40. The molecule has 1 amide bonds. The lowest BCUT2D eigenvalue weighted by Gasteiger charge is -2.46. The fourth-order valence-electron chi connectivity index (χ4n) is 2.49. The molecule has 0 bridgehead atoms. The maximum atomic E-state index is 13.7. The number of hydrogen-bond donors (Lipinski definition) is 0. The van der Waals surface area contributed by atoms with Gasteiger partial charge in [0.2, 0.25) is 0 Å². The number of likely N-dealkylation sites (N-methyl/N-ethyl adjacent to an activating group) is 2. The molecule has 0 radical (unpaired) electrons. The number of para-hydroxylation sites is 1. The van der Waals surface area contributed by atoms with E-state index < -0.39 is 17.6 Å². The minimum absolute atomic E-state index is 0.277. The number of alkyl halides is 3. The smallest absolute Gasteiger partial charge is 0.356 e. The van der Waals surface area contributed by atoms with E-state index in [0.29, 0.717) is 11.3 Å². The minimum Gasteiger partial charge on any atom is -0.356 e. The molecule has 0 fully saturated rings. The third-order valence-corrected chi connectivity index (χ3v) is 3.98. The van der Waals surface area contributed by atoms with Crippen LogP contribution >= 0.6 is 0 Å². The van der Waals surface area contributed by atoms with Crippen LogP contribution in [0.4, 0.5) is 18.9 Å².